The number of hydrogen-bond donors (Lipinski definition) is 3. The predicted octanol–water partition coefficient (Wildman–Crippen LogP) is 11.3. The molecule has 4 nitrogen and oxygen atoms in total. The van der Waals surface area contributed by atoms with E-state index in [1.165, 1.54) is 141 Å². The van der Waals surface area contributed by atoms with E-state index >= 15 is 0 Å². The van der Waals surface area contributed by atoms with Crippen LogP contribution in [-0.4, -0.2) is 34.9 Å². The van der Waals surface area contributed by atoms with Gasteiger partial charge in [0.1, 0.15) is 0 Å². The van der Waals surface area contributed by atoms with Crippen molar-refractivity contribution in [1.29, 1.82) is 0 Å². The van der Waals surface area contributed by atoms with E-state index in [0.29, 0.717) is 6.42 Å². The van der Waals surface area contributed by atoms with Gasteiger partial charge in [-0.05, 0) is 44.9 Å². The van der Waals surface area contributed by atoms with Crippen LogP contribution in [0.15, 0.2) is 24.3 Å². The highest BCUT2D eigenvalue weighted by molar-refractivity contribution is 5.76. The first-order valence-corrected chi connectivity index (χ1v) is 19.1. The molecular formula is C39H75NO3. The van der Waals surface area contributed by atoms with E-state index in [1.807, 2.05) is 6.08 Å². The summed E-state index contributed by atoms with van der Waals surface area (Å²) in [7, 11) is 0. The summed E-state index contributed by atoms with van der Waals surface area (Å²) < 4.78 is 0. The zero-order valence-electron chi connectivity index (χ0n) is 29.0. The number of amides is 1. The lowest BCUT2D eigenvalue weighted by Crippen LogP contribution is -2.45. The zero-order valence-corrected chi connectivity index (χ0v) is 29.0. The maximum Gasteiger partial charge on any atom is 0.220 e. The van der Waals surface area contributed by atoms with Crippen molar-refractivity contribution in [3.8, 4) is 0 Å². The molecule has 0 aliphatic carbocycles. The lowest BCUT2D eigenvalue weighted by Gasteiger charge is -2.20. The molecule has 2 unspecified atom stereocenters. The number of nitrogens with one attached hydrogen (secondary N) is 1. The summed E-state index contributed by atoms with van der Waals surface area (Å²) in [4.78, 5) is 12.3. The van der Waals surface area contributed by atoms with Gasteiger partial charge in [0.2, 0.25) is 5.91 Å². The average molecular weight is 606 g/mol. The number of aliphatic hydroxyl groups is 2. The molecule has 0 aromatic heterocycles. The molecule has 0 saturated heterocycles. The highest BCUT2D eigenvalue weighted by atomic mass is 16.3. The van der Waals surface area contributed by atoms with Gasteiger partial charge in [-0.3, -0.25) is 4.79 Å². The Balaban J connectivity index is 3.61. The molecule has 3 N–H and O–H groups in total. The minimum atomic E-state index is -0.838. The van der Waals surface area contributed by atoms with Gasteiger partial charge in [-0.25, -0.2) is 0 Å². The number of allylic oxidation sites excluding steroid dienone is 3. The fourth-order valence-electron chi connectivity index (χ4n) is 5.70. The van der Waals surface area contributed by atoms with Crippen LogP contribution < -0.4 is 5.32 Å². The third-order valence-electron chi connectivity index (χ3n) is 8.68. The summed E-state index contributed by atoms with van der Waals surface area (Å²) in [5.74, 6) is -0.0738. The Morgan fingerprint density at radius 3 is 1.30 bits per heavy atom. The van der Waals surface area contributed by atoms with Gasteiger partial charge in [0.25, 0.3) is 0 Å². The van der Waals surface area contributed by atoms with Gasteiger partial charge in [0, 0.05) is 6.42 Å². The second-order valence-electron chi connectivity index (χ2n) is 13.0. The number of hydrogen-bond acceptors (Lipinski definition) is 3. The Kier molecular flexibility index (Phi) is 34.4. The molecule has 254 valence electrons. The zero-order chi connectivity index (χ0) is 31.5. The lowest BCUT2D eigenvalue weighted by molar-refractivity contribution is -0.123. The lowest BCUT2D eigenvalue weighted by atomic mass is 10.0. The molecule has 43 heavy (non-hydrogen) atoms. The Hall–Kier alpha value is -1.13. The molecule has 0 bridgehead atoms. The van der Waals surface area contributed by atoms with Crippen LogP contribution in [0.1, 0.15) is 200 Å². The molecule has 0 aromatic carbocycles. The highest BCUT2D eigenvalue weighted by Crippen LogP contribution is 2.14. The Labute approximate surface area is 269 Å². The van der Waals surface area contributed by atoms with E-state index in [9.17, 15) is 15.0 Å². The number of aliphatic hydroxyl groups excluding tert-OH is 2. The standard InChI is InChI=1S/C39H75NO3/c1-3-5-7-9-11-13-15-17-18-19-20-21-23-24-26-28-30-32-34-38(42)37(36-41)40-39(43)35-33-31-29-27-25-22-16-14-12-10-8-6-4-2/h14,16,32,34,37-38,41-42H,3-13,15,17-31,33,35-36H2,1-2H3,(H,40,43)/b16-14-,34-32+. The second-order valence-corrected chi connectivity index (χ2v) is 13.0. The maximum atomic E-state index is 12.3. The quantitative estimate of drug-likeness (QED) is 0.0505. The Bertz CT molecular complexity index is 618. The van der Waals surface area contributed by atoms with E-state index in [0.717, 1.165) is 38.5 Å². The van der Waals surface area contributed by atoms with Crippen LogP contribution >= 0.6 is 0 Å². The molecular weight excluding hydrogens is 530 g/mol. The minimum absolute atomic E-state index is 0.0738. The number of carbonyl (C=O) groups is 1. The molecule has 0 radical (unpaired) electrons. The summed E-state index contributed by atoms with van der Waals surface area (Å²) in [5.41, 5.74) is 0. The summed E-state index contributed by atoms with van der Waals surface area (Å²) in [6, 6.07) is -0.622. The van der Waals surface area contributed by atoms with Gasteiger partial charge in [0.05, 0.1) is 18.8 Å². The second kappa shape index (κ2) is 35.4. The van der Waals surface area contributed by atoms with Gasteiger partial charge in [0.15, 0.2) is 0 Å². The van der Waals surface area contributed by atoms with Crippen molar-refractivity contribution >= 4 is 5.91 Å². The molecule has 2 atom stereocenters. The van der Waals surface area contributed by atoms with Gasteiger partial charge in [-0.15, -0.1) is 0 Å². The summed E-state index contributed by atoms with van der Waals surface area (Å²) in [6.07, 6.45) is 44.1. The van der Waals surface area contributed by atoms with Crippen molar-refractivity contribution < 1.29 is 15.0 Å². The normalized spacial score (nSPS) is 13.3. The van der Waals surface area contributed by atoms with Crippen molar-refractivity contribution in [2.75, 3.05) is 6.61 Å². The van der Waals surface area contributed by atoms with Crippen LogP contribution in [0.25, 0.3) is 0 Å². The van der Waals surface area contributed by atoms with Crippen molar-refractivity contribution in [3.05, 3.63) is 24.3 Å². The number of unbranched alkanes of at least 4 members (excludes halogenated alkanes) is 25. The third-order valence-corrected chi connectivity index (χ3v) is 8.68. The molecule has 0 rings (SSSR count). The summed E-state index contributed by atoms with van der Waals surface area (Å²) in [5, 5.41) is 22.9. The van der Waals surface area contributed by atoms with Crippen LogP contribution in [-0.2, 0) is 4.79 Å². The number of carbonyl (C=O) groups excluding carboxylic acids is 1. The SMILES string of the molecule is CCCCCC/C=C\CCCCCCCC(=O)NC(CO)C(O)/C=C/CCCCCCCCCCCCCCCCCC. The van der Waals surface area contributed by atoms with Crippen LogP contribution in [0.4, 0.5) is 0 Å². The van der Waals surface area contributed by atoms with Crippen molar-refractivity contribution in [1.82, 2.24) is 5.32 Å². The predicted molar refractivity (Wildman–Crippen MR) is 189 cm³/mol. The molecule has 0 spiro atoms. The summed E-state index contributed by atoms with van der Waals surface area (Å²) in [6.45, 7) is 4.28. The first-order chi connectivity index (χ1) is 21.2. The highest BCUT2D eigenvalue weighted by Gasteiger charge is 2.17. The largest absolute Gasteiger partial charge is 0.394 e. The van der Waals surface area contributed by atoms with Crippen LogP contribution in [0, 0.1) is 0 Å². The van der Waals surface area contributed by atoms with Gasteiger partial charge in [-0.1, -0.05) is 173 Å². The van der Waals surface area contributed by atoms with Crippen LogP contribution in [0.5, 0.6) is 0 Å². The maximum absolute atomic E-state index is 12.3. The molecule has 0 heterocycles. The smallest absolute Gasteiger partial charge is 0.220 e. The van der Waals surface area contributed by atoms with Crippen molar-refractivity contribution in [3.63, 3.8) is 0 Å². The molecule has 0 aliphatic rings. The molecule has 4 heteroatoms. The topological polar surface area (TPSA) is 69.6 Å². The van der Waals surface area contributed by atoms with Crippen molar-refractivity contribution in [2.45, 2.75) is 212 Å². The van der Waals surface area contributed by atoms with Gasteiger partial charge in [-0.2, -0.15) is 0 Å². The molecule has 0 aromatic rings. The Morgan fingerprint density at radius 2 is 0.884 bits per heavy atom. The van der Waals surface area contributed by atoms with E-state index in [4.69, 9.17) is 0 Å². The summed E-state index contributed by atoms with van der Waals surface area (Å²) >= 11 is 0. The van der Waals surface area contributed by atoms with Gasteiger partial charge >= 0.3 is 0 Å². The molecule has 0 saturated carbocycles. The van der Waals surface area contributed by atoms with Crippen molar-refractivity contribution in [2.24, 2.45) is 0 Å². The monoisotopic (exact) mass is 606 g/mol. The first kappa shape index (κ1) is 41.9. The van der Waals surface area contributed by atoms with E-state index in [-0.39, 0.29) is 12.5 Å². The minimum Gasteiger partial charge on any atom is -0.394 e. The molecule has 0 aliphatic heterocycles. The van der Waals surface area contributed by atoms with Crippen LogP contribution in [0.3, 0.4) is 0 Å². The fourth-order valence-corrected chi connectivity index (χ4v) is 5.70. The molecule has 0 fully saturated rings. The number of rotatable bonds is 34. The van der Waals surface area contributed by atoms with E-state index in [2.05, 4.69) is 31.3 Å². The van der Waals surface area contributed by atoms with Crippen LogP contribution in [0.2, 0.25) is 0 Å². The average Bonchev–Trinajstić information content (AvgIpc) is 3.01. The molecule has 1 amide bonds. The third kappa shape index (κ3) is 32.1. The Morgan fingerprint density at radius 1 is 0.535 bits per heavy atom. The fraction of sp³-hybridized carbons (Fsp3) is 0.872. The first-order valence-electron chi connectivity index (χ1n) is 19.1. The van der Waals surface area contributed by atoms with E-state index < -0.39 is 12.1 Å². The van der Waals surface area contributed by atoms with E-state index in [1.54, 1.807) is 6.08 Å². The van der Waals surface area contributed by atoms with Gasteiger partial charge < -0.3 is 15.5 Å².